The molecule has 1 heterocycles. The number of rotatable bonds is 3. The Morgan fingerprint density at radius 2 is 2.00 bits per heavy atom. The zero-order valence-corrected chi connectivity index (χ0v) is 8.64. The number of carboxylic acid groups (broad SMARTS) is 1. The zero-order chi connectivity index (χ0) is 11.7. The van der Waals surface area contributed by atoms with E-state index in [0.29, 0.717) is 17.1 Å². The summed E-state index contributed by atoms with van der Waals surface area (Å²) < 4.78 is 48.6. The first-order valence-corrected chi connectivity index (χ1v) is 5.96. The molecule has 0 unspecified atom stereocenters. The summed E-state index contributed by atoms with van der Waals surface area (Å²) in [5, 5.41) is 8.17. The molecule has 1 aliphatic rings. The molecule has 0 aromatic heterocycles. The topological polar surface area (TPSA) is 74.7 Å². The fourth-order valence-electron chi connectivity index (χ4n) is 1.31. The van der Waals surface area contributed by atoms with Crippen molar-refractivity contribution in [3.63, 3.8) is 0 Å². The van der Waals surface area contributed by atoms with Gasteiger partial charge in [-0.3, -0.25) is 0 Å². The Bertz CT molecular complexity index is 354. The maximum absolute atomic E-state index is 12.8. The van der Waals surface area contributed by atoms with Crippen molar-refractivity contribution in [2.24, 2.45) is 0 Å². The molecule has 0 atom stereocenters. The van der Waals surface area contributed by atoms with Gasteiger partial charge in [-0.15, -0.1) is 0 Å². The number of aliphatic carboxylic acids is 1. The average Bonchev–Trinajstić information content (AvgIpc) is 2.08. The molecule has 0 saturated carbocycles. The van der Waals surface area contributed by atoms with Crippen molar-refractivity contribution in [2.45, 2.75) is 18.8 Å². The minimum Gasteiger partial charge on any atom is -0.477 e. The first kappa shape index (κ1) is 12.3. The highest BCUT2D eigenvalue weighted by Crippen LogP contribution is 2.21. The molecule has 0 aromatic carbocycles. The van der Waals surface area contributed by atoms with Crippen molar-refractivity contribution in [3.8, 4) is 0 Å². The van der Waals surface area contributed by atoms with Gasteiger partial charge in [-0.1, -0.05) is 0 Å². The highest BCUT2D eigenvalue weighted by Gasteiger charge is 2.44. The highest BCUT2D eigenvalue weighted by atomic mass is 32.2. The van der Waals surface area contributed by atoms with Crippen LogP contribution in [0.3, 0.4) is 0 Å². The molecule has 0 aliphatic carbocycles. The SMILES string of the molecule is O=C(O)C(F)(F)CN1CCCCS1(=O)=O. The van der Waals surface area contributed by atoms with Gasteiger partial charge in [-0.25, -0.2) is 13.2 Å². The Morgan fingerprint density at radius 1 is 1.40 bits per heavy atom. The number of carbonyl (C=O) groups is 1. The lowest BCUT2D eigenvalue weighted by atomic mass is 10.3. The molecule has 0 amide bonds. The second kappa shape index (κ2) is 4.01. The van der Waals surface area contributed by atoms with E-state index in [1.807, 2.05) is 0 Å². The highest BCUT2D eigenvalue weighted by molar-refractivity contribution is 7.89. The molecule has 1 aliphatic heterocycles. The molecule has 1 saturated heterocycles. The maximum atomic E-state index is 12.8. The quantitative estimate of drug-likeness (QED) is 0.764. The third-order valence-corrected chi connectivity index (χ3v) is 4.04. The van der Waals surface area contributed by atoms with Crippen LogP contribution in [0.25, 0.3) is 0 Å². The van der Waals surface area contributed by atoms with E-state index >= 15 is 0 Å². The Kier molecular flexibility index (Phi) is 3.29. The van der Waals surface area contributed by atoms with Crippen LogP contribution >= 0.6 is 0 Å². The number of halogens is 2. The molecule has 1 N–H and O–H groups in total. The van der Waals surface area contributed by atoms with Crippen LogP contribution in [0.15, 0.2) is 0 Å². The first-order valence-electron chi connectivity index (χ1n) is 4.35. The van der Waals surface area contributed by atoms with Crippen LogP contribution in [0, 0.1) is 0 Å². The van der Waals surface area contributed by atoms with E-state index in [4.69, 9.17) is 5.11 Å². The minimum atomic E-state index is -4.02. The summed E-state index contributed by atoms with van der Waals surface area (Å²) in [5.74, 6) is -6.52. The second-order valence-corrected chi connectivity index (χ2v) is 5.45. The molecule has 0 aromatic rings. The Hall–Kier alpha value is -0.760. The van der Waals surface area contributed by atoms with Gasteiger partial charge in [0.05, 0.1) is 12.3 Å². The molecule has 5 nitrogen and oxygen atoms in total. The predicted octanol–water partition coefficient (Wildman–Crippen LogP) is 0.132. The summed E-state index contributed by atoms with van der Waals surface area (Å²) in [4.78, 5) is 10.1. The van der Waals surface area contributed by atoms with Gasteiger partial charge < -0.3 is 5.11 Å². The number of sulfonamides is 1. The number of hydrogen-bond donors (Lipinski definition) is 1. The number of nitrogens with zero attached hydrogens (tertiary/aromatic N) is 1. The van der Waals surface area contributed by atoms with Crippen LogP contribution in [0.1, 0.15) is 12.8 Å². The molecular formula is C7H11F2NO4S. The summed E-state index contributed by atoms with van der Waals surface area (Å²) in [5.41, 5.74) is 0. The number of hydrogen-bond acceptors (Lipinski definition) is 3. The van der Waals surface area contributed by atoms with Gasteiger partial charge in [0.2, 0.25) is 10.0 Å². The van der Waals surface area contributed by atoms with Gasteiger partial charge in [0, 0.05) is 6.54 Å². The van der Waals surface area contributed by atoms with Crippen molar-refractivity contribution < 1.29 is 27.1 Å². The fraction of sp³-hybridized carbons (Fsp3) is 0.857. The summed E-state index contributed by atoms with van der Waals surface area (Å²) in [6.07, 6.45) is 0.909. The largest absolute Gasteiger partial charge is 0.477 e. The van der Waals surface area contributed by atoms with E-state index in [1.54, 1.807) is 0 Å². The fourth-order valence-corrected chi connectivity index (χ4v) is 2.90. The van der Waals surface area contributed by atoms with Gasteiger partial charge in [0.25, 0.3) is 0 Å². The molecular weight excluding hydrogens is 232 g/mol. The summed E-state index contributed by atoms with van der Waals surface area (Å²) >= 11 is 0. The van der Waals surface area contributed by atoms with Crippen LogP contribution in [-0.4, -0.2) is 48.6 Å². The second-order valence-electron chi connectivity index (χ2n) is 3.37. The van der Waals surface area contributed by atoms with Crippen LogP contribution in [0.5, 0.6) is 0 Å². The molecule has 1 fully saturated rings. The van der Waals surface area contributed by atoms with Gasteiger partial charge in [0.1, 0.15) is 0 Å². The number of carboxylic acids is 1. The lowest BCUT2D eigenvalue weighted by molar-refractivity contribution is -0.165. The molecule has 8 heteroatoms. The Morgan fingerprint density at radius 3 is 2.47 bits per heavy atom. The van der Waals surface area contributed by atoms with Gasteiger partial charge in [-0.2, -0.15) is 13.1 Å². The van der Waals surface area contributed by atoms with Crippen molar-refractivity contribution in [3.05, 3.63) is 0 Å². The van der Waals surface area contributed by atoms with Crippen molar-refractivity contribution in [1.82, 2.24) is 4.31 Å². The average molecular weight is 243 g/mol. The molecule has 0 bridgehead atoms. The zero-order valence-electron chi connectivity index (χ0n) is 7.82. The lowest BCUT2D eigenvalue weighted by Gasteiger charge is -2.28. The van der Waals surface area contributed by atoms with E-state index in [2.05, 4.69) is 0 Å². The van der Waals surface area contributed by atoms with Gasteiger partial charge in [-0.05, 0) is 12.8 Å². The first-order chi connectivity index (χ1) is 6.76. The molecule has 88 valence electrons. The van der Waals surface area contributed by atoms with Crippen LogP contribution in [0.4, 0.5) is 8.78 Å². The summed E-state index contributed by atoms with van der Waals surface area (Å²) in [7, 11) is -3.70. The molecule has 0 radical (unpaired) electrons. The third kappa shape index (κ3) is 2.85. The van der Waals surface area contributed by atoms with Crippen molar-refractivity contribution >= 4 is 16.0 Å². The maximum Gasteiger partial charge on any atom is 0.376 e. The molecule has 0 spiro atoms. The third-order valence-electron chi connectivity index (χ3n) is 2.14. The lowest BCUT2D eigenvalue weighted by Crippen LogP contribution is -2.47. The summed E-state index contributed by atoms with van der Waals surface area (Å²) in [6, 6.07) is 0. The summed E-state index contributed by atoms with van der Waals surface area (Å²) in [6.45, 7) is -1.31. The van der Waals surface area contributed by atoms with E-state index in [-0.39, 0.29) is 12.3 Å². The monoisotopic (exact) mass is 243 g/mol. The van der Waals surface area contributed by atoms with Crippen LogP contribution in [0.2, 0.25) is 0 Å². The van der Waals surface area contributed by atoms with E-state index in [1.165, 1.54) is 0 Å². The van der Waals surface area contributed by atoms with E-state index in [9.17, 15) is 22.0 Å². The molecule has 1 rings (SSSR count). The van der Waals surface area contributed by atoms with E-state index in [0.717, 1.165) is 0 Å². The standard InChI is InChI=1S/C7H11F2NO4S/c8-7(9,6(11)12)5-10-3-1-2-4-15(10,13)14/h1-5H2,(H,11,12). The number of alkyl halides is 2. The van der Waals surface area contributed by atoms with Crippen LogP contribution in [-0.2, 0) is 14.8 Å². The van der Waals surface area contributed by atoms with E-state index < -0.39 is 28.5 Å². The van der Waals surface area contributed by atoms with Crippen LogP contribution < -0.4 is 0 Å². The van der Waals surface area contributed by atoms with Gasteiger partial charge >= 0.3 is 11.9 Å². The Labute approximate surface area is 85.7 Å². The normalized spacial score (nSPS) is 22.5. The predicted molar refractivity (Wildman–Crippen MR) is 47.2 cm³/mol. The minimum absolute atomic E-state index is 0.0365. The molecule has 15 heavy (non-hydrogen) atoms. The van der Waals surface area contributed by atoms with Crippen molar-refractivity contribution in [1.29, 1.82) is 0 Å². The van der Waals surface area contributed by atoms with Gasteiger partial charge in [0.15, 0.2) is 0 Å². The Balaban J connectivity index is 2.77. The van der Waals surface area contributed by atoms with Crippen molar-refractivity contribution in [2.75, 3.05) is 18.8 Å². The smallest absolute Gasteiger partial charge is 0.376 e.